The molecular formula is C19H21ClN2O. The molecule has 0 saturated carbocycles. The van der Waals surface area contributed by atoms with Gasteiger partial charge in [-0.1, -0.05) is 23.7 Å². The Hall–Kier alpha value is -1.71. The normalized spacial score (nSPS) is 22.7. The van der Waals surface area contributed by atoms with E-state index in [0.29, 0.717) is 12.0 Å². The zero-order chi connectivity index (χ0) is 15.8. The number of benzene rings is 2. The number of methoxy groups -OCH3 is 1. The minimum Gasteiger partial charge on any atom is -0.497 e. The van der Waals surface area contributed by atoms with Gasteiger partial charge in [0.2, 0.25) is 0 Å². The largest absolute Gasteiger partial charge is 0.497 e. The molecule has 0 unspecified atom stereocenters. The summed E-state index contributed by atoms with van der Waals surface area (Å²) >= 11 is 6.54. The first kappa shape index (κ1) is 14.9. The van der Waals surface area contributed by atoms with Gasteiger partial charge in [0.05, 0.1) is 12.1 Å². The fraction of sp³-hybridized carbons (Fsp3) is 0.368. The molecule has 0 bridgehead atoms. The van der Waals surface area contributed by atoms with E-state index in [1.165, 1.54) is 16.8 Å². The molecule has 4 rings (SSSR count). The molecule has 1 saturated heterocycles. The van der Waals surface area contributed by atoms with Crippen molar-refractivity contribution in [2.45, 2.75) is 24.8 Å². The van der Waals surface area contributed by atoms with Gasteiger partial charge in [0.15, 0.2) is 0 Å². The quantitative estimate of drug-likeness (QED) is 0.863. The van der Waals surface area contributed by atoms with Gasteiger partial charge in [0, 0.05) is 23.2 Å². The Bertz CT molecular complexity index is 731. The third kappa shape index (κ3) is 2.58. The zero-order valence-corrected chi connectivity index (χ0v) is 14.0. The maximum Gasteiger partial charge on any atom is 0.120 e. The third-order valence-electron chi connectivity index (χ3n) is 5.03. The highest BCUT2D eigenvalue weighted by Gasteiger charge is 2.34. The van der Waals surface area contributed by atoms with Crippen molar-refractivity contribution in [3.8, 4) is 16.9 Å². The van der Waals surface area contributed by atoms with Crippen LogP contribution in [0.15, 0.2) is 36.4 Å². The molecule has 0 aliphatic carbocycles. The molecule has 0 aromatic heterocycles. The second-order valence-corrected chi connectivity index (χ2v) is 6.70. The molecule has 2 aromatic carbocycles. The molecule has 2 heterocycles. The van der Waals surface area contributed by atoms with E-state index in [4.69, 9.17) is 16.3 Å². The maximum absolute atomic E-state index is 6.54. The lowest BCUT2D eigenvalue weighted by molar-refractivity contribution is 0.415. The van der Waals surface area contributed by atoms with E-state index in [1.54, 1.807) is 7.11 Å². The molecule has 2 N–H and O–H groups in total. The molecule has 0 amide bonds. The molecule has 2 aliphatic rings. The van der Waals surface area contributed by atoms with Gasteiger partial charge in [-0.25, -0.2) is 0 Å². The molecule has 2 aromatic rings. The van der Waals surface area contributed by atoms with Gasteiger partial charge in [0.1, 0.15) is 5.75 Å². The molecule has 2 atom stereocenters. The highest BCUT2D eigenvalue weighted by Crippen LogP contribution is 2.46. The second kappa shape index (κ2) is 6.06. The van der Waals surface area contributed by atoms with Crippen LogP contribution in [0, 0.1) is 0 Å². The number of hydrogen-bond acceptors (Lipinski definition) is 3. The van der Waals surface area contributed by atoms with E-state index in [1.807, 2.05) is 12.1 Å². The van der Waals surface area contributed by atoms with Crippen molar-refractivity contribution in [2.75, 3.05) is 25.5 Å². The molecular weight excluding hydrogens is 308 g/mol. The first-order valence-electron chi connectivity index (χ1n) is 8.22. The lowest BCUT2D eigenvalue weighted by Gasteiger charge is -2.18. The van der Waals surface area contributed by atoms with Crippen molar-refractivity contribution in [2.24, 2.45) is 0 Å². The average Bonchev–Trinajstić information content (AvgIpc) is 2.76. The molecule has 2 aliphatic heterocycles. The van der Waals surface area contributed by atoms with Crippen LogP contribution in [0.2, 0.25) is 5.02 Å². The van der Waals surface area contributed by atoms with Gasteiger partial charge in [-0.2, -0.15) is 0 Å². The first-order valence-corrected chi connectivity index (χ1v) is 8.60. The Labute approximate surface area is 142 Å². The molecule has 1 fully saturated rings. The van der Waals surface area contributed by atoms with E-state index in [0.717, 1.165) is 42.3 Å². The summed E-state index contributed by atoms with van der Waals surface area (Å²) in [6.45, 7) is 2.16. The third-order valence-corrected chi connectivity index (χ3v) is 5.35. The lowest BCUT2D eigenvalue weighted by atomic mass is 9.86. The number of nitrogens with one attached hydrogen (secondary N) is 2. The van der Waals surface area contributed by atoms with Crippen molar-refractivity contribution in [3.05, 3.63) is 47.0 Å². The van der Waals surface area contributed by atoms with Gasteiger partial charge >= 0.3 is 0 Å². The monoisotopic (exact) mass is 328 g/mol. The van der Waals surface area contributed by atoms with Crippen molar-refractivity contribution in [1.82, 2.24) is 5.32 Å². The van der Waals surface area contributed by atoms with Crippen LogP contribution in [-0.2, 0) is 0 Å². The lowest BCUT2D eigenvalue weighted by Crippen LogP contribution is -2.21. The highest BCUT2D eigenvalue weighted by molar-refractivity contribution is 6.33. The van der Waals surface area contributed by atoms with Gasteiger partial charge in [-0.3, -0.25) is 0 Å². The van der Waals surface area contributed by atoms with Crippen LogP contribution in [0.25, 0.3) is 11.1 Å². The fourth-order valence-electron chi connectivity index (χ4n) is 3.93. The summed E-state index contributed by atoms with van der Waals surface area (Å²) < 4.78 is 5.28. The molecule has 4 heteroatoms. The molecule has 120 valence electrons. The summed E-state index contributed by atoms with van der Waals surface area (Å²) in [4.78, 5) is 0. The second-order valence-electron chi connectivity index (χ2n) is 6.30. The molecule has 3 nitrogen and oxygen atoms in total. The van der Waals surface area contributed by atoms with E-state index in [-0.39, 0.29) is 0 Å². The predicted molar refractivity (Wildman–Crippen MR) is 95.7 cm³/mol. The van der Waals surface area contributed by atoms with Gasteiger partial charge in [0.25, 0.3) is 0 Å². The Balaban J connectivity index is 1.81. The van der Waals surface area contributed by atoms with Crippen molar-refractivity contribution < 1.29 is 4.74 Å². The van der Waals surface area contributed by atoms with Crippen molar-refractivity contribution >= 4 is 17.3 Å². The van der Waals surface area contributed by atoms with Crippen LogP contribution in [0.1, 0.15) is 24.3 Å². The molecule has 0 spiro atoms. The standard InChI is InChI=1S/C19H21ClN2O/c1-23-12-5-6-13(16(20)11-12)14-3-2-4-18-19(14)15-7-9-21-10-8-17(15)22-18/h2-6,11,15,17,21-22H,7-10H2,1H3/t15-,17-/m0/s1. The molecule has 0 radical (unpaired) electrons. The van der Waals surface area contributed by atoms with E-state index in [2.05, 4.69) is 34.9 Å². The maximum atomic E-state index is 6.54. The summed E-state index contributed by atoms with van der Waals surface area (Å²) in [5.41, 5.74) is 5.03. The number of rotatable bonds is 2. The highest BCUT2D eigenvalue weighted by atomic mass is 35.5. The minimum atomic E-state index is 0.526. The summed E-state index contributed by atoms with van der Waals surface area (Å²) in [7, 11) is 1.67. The van der Waals surface area contributed by atoms with Crippen LogP contribution in [0.4, 0.5) is 5.69 Å². The Morgan fingerprint density at radius 3 is 2.78 bits per heavy atom. The first-order chi connectivity index (χ1) is 11.3. The van der Waals surface area contributed by atoms with Gasteiger partial charge < -0.3 is 15.4 Å². The Kier molecular flexibility index (Phi) is 3.92. The number of hydrogen-bond donors (Lipinski definition) is 2. The van der Waals surface area contributed by atoms with Crippen LogP contribution in [0.5, 0.6) is 5.75 Å². The van der Waals surface area contributed by atoms with Crippen LogP contribution in [0.3, 0.4) is 0 Å². The SMILES string of the molecule is COc1ccc(-c2cccc3c2[C@H]2CCNCC[C@@H]2N3)c(Cl)c1. The Morgan fingerprint density at radius 1 is 1.09 bits per heavy atom. The predicted octanol–water partition coefficient (Wildman–Crippen LogP) is 4.28. The summed E-state index contributed by atoms with van der Waals surface area (Å²) in [6, 6.07) is 13.0. The molecule has 23 heavy (non-hydrogen) atoms. The van der Waals surface area contributed by atoms with Gasteiger partial charge in [-0.15, -0.1) is 0 Å². The summed E-state index contributed by atoms with van der Waals surface area (Å²) in [5, 5.41) is 7.97. The zero-order valence-electron chi connectivity index (χ0n) is 13.2. The average molecular weight is 329 g/mol. The van der Waals surface area contributed by atoms with Crippen LogP contribution in [-0.4, -0.2) is 26.2 Å². The number of halogens is 1. The van der Waals surface area contributed by atoms with Crippen molar-refractivity contribution in [3.63, 3.8) is 0 Å². The Morgan fingerprint density at radius 2 is 1.96 bits per heavy atom. The fourth-order valence-corrected chi connectivity index (χ4v) is 4.20. The van der Waals surface area contributed by atoms with Crippen molar-refractivity contribution in [1.29, 1.82) is 0 Å². The number of fused-ring (bicyclic) bond motifs is 3. The van der Waals surface area contributed by atoms with E-state index >= 15 is 0 Å². The smallest absolute Gasteiger partial charge is 0.120 e. The van der Waals surface area contributed by atoms with E-state index in [9.17, 15) is 0 Å². The minimum absolute atomic E-state index is 0.526. The van der Waals surface area contributed by atoms with Crippen LogP contribution >= 0.6 is 11.6 Å². The van der Waals surface area contributed by atoms with E-state index < -0.39 is 0 Å². The topological polar surface area (TPSA) is 33.3 Å². The number of anilines is 1. The van der Waals surface area contributed by atoms with Gasteiger partial charge in [-0.05, 0) is 61.3 Å². The summed E-state index contributed by atoms with van der Waals surface area (Å²) in [5.74, 6) is 1.34. The summed E-state index contributed by atoms with van der Waals surface area (Å²) in [6.07, 6.45) is 2.32. The van der Waals surface area contributed by atoms with Crippen LogP contribution < -0.4 is 15.4 Å². The number of ether oxygens (including phenoxy) is 1.